The van der Waals surface area contributed by atoms with Crippen LogP contribution in [0.4, 0.5) is 0 Å². The topological polar surface area (TPSA) is 156 Å². The molecule has 14 nitrogen and oxygen atoms in total. The molecule has 5 aromatic carbocycles. The van der Waals surface area contributed by atoms with E-state index >= 15 is 0 Å². The lowest BCUT2D eigenvalue weighted by molar-refractivity contribution is -0.276. The van der Waals surface area contributed by atoms with Crippen LogP contribution in [-0.2, 0) is 33.2 Å². The largest absolute Gasteiger partial charge is 0.494 e. The maximum absolute atomic E-state index is 12.8. The number of aliphatic hydroxyl groups is 1. The molecule has 3 saturated heterocycles. The summed E-state index contributed by atoms with van der Waals surface area (Å²) in [6.07, 6.45) is 43.7. The summed E-state index contributed by atoms with van der Waals surface area (Å²) in [5.74, 6) is 2.17. The fourth-order valence-corrected chi connectivity index (χ4v) is 14.8. The molecular weight excluding hydrogens is 1320 g/mol. The maximum atomic E-state index is 12.8. The Morgan fingerprint density at radius 1 is 0.419 bits per heavy atom. The van der Waals surface area contributed by atoms with Crippen LogP contribution in [-0.4, -0.2) is 105 Å². The van der Waals surface area contributed by atoms with Crippen LogP contribution >= 0.6 is 0 Å². The minimum absolute atomic E-state index is 0. The van der Waals surface area contributed by atoms with Gasteiger partial charge in [0.2, 0.25) is 0 Å². The van der Waals surface area contributed by atoms with E-state index in [0.717, 1.165) is 157 Å². The van der Waals surface area contributed by atoms with Gasteiger partial charge in [0.15, 0.2) is 18.9 Å². The summed E-state index contributed by atoms with van der Waals surface area (Å²) in [6.45, 7) is 14.7. The number of benzene rings is 5. The molecule has 3 heterocycles. The second-order valence-electron chi connectivity index (χ2n) is 29.8. The number of unbranched alkanes of at least 4 members (excludes halogenated alkanes) is 25. The van der Waals surface area contributed by atoms with Crippen molar-refractivity contribution in [1.82, 2.24) is 0 Å². The summed E-state index contributed by atoms with van der Waals surface area (Å²) in [5, 5.41) is 11.8. The van der Waals surface area contributed by atoms with Crippen LogP contribution in [0, 0.1) is 0 Å². The first-order valence-electron chi connectivity index (χ1n) is 41.5. The number of aliphatic hydroxyl groups excluding tert-OH is 1. The fraction of sp³-hybridized carbons (Fsp3) is 0.626. The molecule has 105 heavy (non-hydrogen) atoms. The number of allylic oxidation sites excluding steroid dienone is 1. The predicted octanol–water partition coefficient (Wildman–Crippen LogP) is 23.6. The van der Waals surface area contributed by atoms with E-state index in [1.807, 2.05) is 42.5 Å². The van der Waals surface area contributed by atoms with Crippen molar-refractivity contribution in [2.24, 2.45) is 0 Å². The third kappa shape index (κ3) is 33.5. The smallest absolute Gasteiger partial charge is 0.343 e. The molecule has 3 aliphatic rings. The number of hydrogen-bond acceptors (Lipinski definition) is 14. The van der Waals surface area contributed by atoms with Crippen molar-refractivity contribution in [2.75, 3.05) is 26.4 Å². The Balaban J connectivity index is 0.0000157. The molecular formula is C91H134O14. The third-order valence-corrected chi connectivity index (χ3v) is 20.8. The van der Waals surface area contributed by atoms with Crippen LogP contribution < -0.4 is 18.9 Å². The molecule has 0 aromatic heterocycles. The molecule has 0 bridgehead atoms. The lowest BCUT2D eigenvalue weighted by Crippen LogP contribution is -2.44. The number of rotatable bonds is 54. The highest BCUT2D eigenvalue weighted by Gasteiger charge is 2.37. The maximum Gasteiger partial charge on any atom is 0.343 e. The van der Waals surface area contributed by atoms with Crippen molar-refractivity contribution in [1.29, 1.82) is 0 Å². The Morgan fingerprint density at radius 2 is 0.762 bits per heavy atom. The normalized spacial score (nSPS) is 20.6. The highest BCUT2D eigenvalue weighted by molar-refractivity contribution is 5.92. The average Bonchev–Trinajstić information content (AvgIpc) is 0.850. The average molecular weight is 1450 g/mol. The summed E-state index contributed by atoms with van der Waals surface area (Å²) < 4.78 is 68.4. The van der Waals surface area contributed by atoms with Crippen molar-refractivity contribution in [3.05, 3.63) is 145 Å². The van der Waals surface area contributed by atoms with Crippen molar-refractivity contribution in [3.8, 4) is 45.3 Å². The van der Waals surface area contributed by atoms with Crippen LogP contribution in [0.5, 0.6) is 23.0 Å². The molecule has 1 N–H and O–H groups in total. The van der Waals surface area contributed by atoms with E-state index in [4.69, 9.17) is 52.1 Å². The van der Waals surface area contributed by atoms with Crippen molar-refractivity contribution in [2.45, 2.75) is 340 Å². The number of hydrogen-bond donors (Lipinski definition) is 1. The Hall–Kier alpha value is -6.10. The molecule has 10 atom stereocenters. The molecule has 582 valence electrons. The first-order valence-corrected chi connectivity index (χ1v) is 41.5. The number of carbonyl (C=O) groups is 2. The van der Waals surface area contributed by atoms with Gasteiger partial charge in [0.05, 0.1) is 80.3 Å². The summed E-state index contributed by atoms with van der Waals surface area (Å²) >= 11 is 0. The van der Waals surface area contributed by atoms with Crippen LogP contribution in [0.25, 0.3) is 22.3 Å². The lowest BCUT2D eigenvalue weighted by atomic mass is 9.94. The first-order chi connectivity index (χ1) is 51.5. The molecule has 3 aliphatic heterocycles. The van der Waals surface area contributed by atoms with Gasteiger partial charge in [0, 0.05) is 20.7 Å². The van der Waals surface area contributed by atoms with Gasteiger partial charge in [-0.3, -0.25) is 0 Å². The monoisotopic (exact) mass is 1450 g/mol. The zero-order valence-electron chi connectivity index (χ0n) is 64.8. The fourth-order valence-electron chi connectivity index (χ4n) is 14.8. The first kappa shape index (κ1) is 84.5. The zero-order valence-corrected chi connectivity index (χ0v) is 64.8. The van der Waals surface area contributed by atoms with E-state index < -0.39 is 18.0 Å². The van der Waals surface area contributed by atoms with Crippen LogP contribution in [0.15, 0.2) is 134 Å². The van der Waals surface area contributed by atoms with Crippen LogP contribution in [0.3, 0.4) is 0 Å². The van der Waals surface area contributed by atoms with Gasteiger partial charge in [-0.15, -0.1) is 6.58 Å². The van der Waals surface area contributed by atoms with Crippen molar-refractivity contribution >= 4 is 11.9 Å². The van der Waals surface area contributed by atoms with Gasteiger partial charge in [-0.05, 0) is 205 Å². The zero-order chi connectivity index (χ0) is 73.7. The van der Waals surface area contributed by atoms with Gasteiger partial charge in [0.1, 0.15) is 23.0 Å². The quantitative estimate of drug-likeness (QED) is 0.0170. The molecule has 0 radical (unpaired) electrons. The second kappa shape index (κ2) is 50.5. The molecule has 10 unspecified atom stereocenters. The van der Waals surface area contributed by atoms with Gasteiger partial charge in [-0.2, -0.15) is 0 Å². The van der Waals surface area contributed by atoms with E-state index in [1.54, 1.807) is 43.3 Å². The highest BCUT2D eigenvalue weighted by Crippen LogP contribution is 2.35. The third-order valence-electron chi connectivity index (χ3n) is 20.8. The van der Waals surface area contributed by atoms with Crippen molar-refractivity contribution < 1.29 is 68.2 Å². The molecule has 14 heteroatoms. The standard InChI is InChI=1S/C91H132O14.H2/c1-6-10-12-14-15-18-23-29-35-61-97-80-55-47-73(48-56-80)74-49-57-81(58-50-74)98-63-37-31-25-20-17-22-28-34-40-89-102-84(68-86(104-89)69-85-67-78(8-3)100-88(103-85)39-32-26-13-11-7-2)66-77(92)65-83-64-70(5)99-87(101-83)38-33-27-21-16-19-24-30-36-62-96-79-53-45-72(46-54-79)71-41-43-76(44-42-71)91(94)105-82-59-51-75(52-60-82)90(93)95-9-4;/h6,41-60,70,77-78,83-89,92H,1,7-40,61-69H2,2-5H3;1H. The molecule has 8 rings (SSSR count). The Morgan fingerprint density at radius 3 is 1.19 bits per heavy atom. The molecule has 0 spiro atoms. The minimum Gasteiger partial charge on any atom is -0.494 e. The van der Waals surface area contributed by atoms with Gasteiger partial charge in [0.25, 0.3) is 0 Å². The van der Waals surface area contributed by atoms with E-state index in [2.05, 4.69) is 75.9 Å². The molecule has 3 fully saturated rings. The summed E-state index contributed by atoms with van der Waals surface area (Å²) in [6, 6.07) is 38.6. The second-order valence-corrected chi connectivity index (χ2v) is 29.8. The number of ether oxygens (including phenoxy) is 11. The van der Waals surface area contributed by atoms with Crippen LogP contribution in [0.2, 0.25) is 0 Å². The van der Waals surface area contributed by atoms with Crippen LogP contribution in [0.1, 0.15) is 300 Å². The van der Waals surface area contributed by atoms with E-state index in [0.29, 0.717) is 42.9 Å². The Bertz CT molecular complexity index is 3090. The molecule has 0 amide bonds. The summed E-state index contributed by atoms with van der Waals surface area (Å²) in [4.78, 5) is 24.8. The summed E-state index contributed by atoms with van der Waals surface area (Å²) in [7, 11) is 0. The molecule has 0 aliphatic carbocycles. The van der Waals surface area contributed by atoms with E-state index in [9.17, 15) is 14.7 Å². The van der Waals surface area contributed by atoms with Crippen molar-refractivity contribution in [3.63, 3.8) is 0 Å². The van der Waals surface area contributed by atoms with Gasteiger partial charge < -0.3 is 57.2 Å². The number of carbonyl (C=O) groups excluding carboxylic acids is 2. The highest BCUT2D eigenvalue weighted by atomic mass is 16.7. The Labute approximate surface area is 633 Å². The predicted molar refractivity (Wildman–Crippen MR) is 424 cm³/mol. The van der Waals surface area contributed by atoms with E-state index in [1.165, 1.54) is 133 Å². The molecule has 0 saturated carbocycles. The lowest BCUT2D eigenvalue weighted by Gasteiger charge is -2.41. The SMILES string of the molecule is C=CCCCCCCCCCOc1ccc(-c2ccc(OCCCCCCCCCCC3OC(CC(O)CC4CC(C)OC(CCCCCCCCCCOc5ccc(-c6ccc(C(=O)Oc7ccc(C(=O)OCC)cc7)cc6)cc5)O4)CC(CC4CC(CC)OC(CCCCCCC)O4)O3)cc2)cc1.[HH]. The molecule has 5 aromatic rings. The Kier molecular flexibility index (Phi) is 40.7. The van der Waals surface area contributed by atoms with E-state index in [-0.39, 0.29) is 56.9 Å². The minimum atomic E-state index is -0.547. The summed E-state index contributed by atoms with van der Waals surface area (Å²) in [5.41, 5.74) is 5.20. The number of esters is 2. The van der Waals surface area contributed by atoms with Gasteiger partial charge >= 0.3 is 11.9 Å². The van der Waals surface area contributed by atoms with Gasteiger partial charge in [-0.1, -0.05) is 203 Å². The van der Waals surface area contributed by atoms with Gasteiger partial charge in [-0.25, -0.2) is 9.59 Å².